The van der Waals surface area contributed by atoms with Gasteiger partial charge in [-0.25, -0.2) is 0 Å². The first-order valence-corrected chi connectivity index (χ1v) is 9.50. The minimum absolute atomic E-state index is 0.111. The molecule has 1 amide bonds. The van der Waals surface area contributed by atoms with Crippen molar-refractivity contribution in [3.63, 3.8) is 0 Å². The van der Waals surface area contributed by atoms with Gasteiger partial charge < -0.3 is 14.4 Å². The van der Waals surface area contributed by atoms with Crippen LogP contribution < -0.4 is 0 Å². The zero-order valence-corrected chi connectivity index (χ0v) is 15.2. The molecule has 3 rings (SSSR count). The van der Waals surface area contributed by atoms with Crippen molar-refractivity contribution in [3.05, 3.63) is 35.9 Å². The summed E-state index contributed by atoms with van der Waals surface area (Å²) in [6.45, 7) is 7.71. The van der Waals surface area contributed by atoms with Gasteiger partial charge in [-0.1, -0.05) is 30.3 Å². The number of benzene rings is 1. The highest BCUT2D eigenvalue weighted by molar-refractivity contribution is 5.80. The molecule has 2 atom stereocenters. The Balaban J connectivity index is 1.44. The van der Waals surface area contributed by atoms with Crippen molar-refractivity contribution < 1.29 is 14.3 Å². The highest BCUT2D eigenvalue weighted by atomic mass is 16.5. The molecule has 0 spiro atoms. The van der Waals surface area contributed by atoms with Crippen LogP contribution in [-0.2, 0) is 20.8 Å². The van der Waals surface area contributed by atoms with Crippen molar-refractivity contribution in [2.45, 2.75) is 44.9 Å². The number of amides is 1. The summed E-state index contributed by atoms with van der Waals surface area (Å²) in [5.41, 5.74) is 1.33. The fourth-order valence-electron chi connectivity index (χ4n) is 3.55. The normalized spacial score (nSPS) is 23.4. The Labute approximate surface area is 150 Å². The smallest absolute Gasteiger partial charge is 0.251 e. The number of rotatable bonds is 6. The van der Waals surface area contributed by atoms with Gasteiger partial charge in [0.1, 0.15) is 6.10 Å². The molecule has 2 saturated heterocycles. The van der Waals surface area contributed by atoms with E-state index in [0.717, 1.165) is 58.6 Å². The number of ether oxygens (including phenoxy) is 2. The minimum Gasteiger partial charge on any atom is -0.376 e. The molecule has 5 heteroatoms. The van der Waals surface area contributed by atoms with Gasteiger partial charge >= 0.3 is 0 Å². The summed E-state index contributed by atoms with van der Waals surface area (Å²) in [5.74, 6) is 0.111. The van der Waals surface area contributed by atoms with Gasteiger partial charge in [-0.2, -0.15) is 0 Å². The number of hydrogen-bond acceptors (Lipinski definition) is 4. The quantitative estimate of drug-likeness (QED) is 0.793. The monoisotopic (exact) mass is 346 g/mol. The number of hydrogen-bond donors (Lipinski definition) is 0. The number of carbonyl (C=O) groups excluding carboxylic acids is 1. The van der Waals surface area contributed by atoms with Crippen LogP contribution >= 0.6 is 0 Å². The average molecular weight is 346 g/mol. The summed E-state index contributed by atoms with van der Waals surface area (Å²) >= 11 is 0. The lowest BCUT2D eigenvalue weighted by molar-refractivity contribution is -0.144. The standard InChI is InChI=1S/C20H30N2O3/c1-17(25-16-19-9-5-14-24-19)20(23)22-11-6-10-21(12-13-22)15-18-7-3-2-4-8-18/h2-4,7-8,17,19H,5-6,9-16H2,1H3/t17-,19-/m1/s1. The van der Waals surface area contributed by atoms with Gasteiger partial charge in [0.15, 0.2) is 0 Å². The molecule has 1 aromatic carbocycles. The highest BCUT2D eigenvalue weighted by Crippen LogP contribution is 2.14. The Morgan fingerprint density at radius 3 is 2.80 bits per heavy atom. The van der Waals surface area contributed by atoms with Gasteiger partial charge in [0.2, 0.25) is 0 Å². The Morgan fingerprint density at radius 1 is 1.20 bits per heavy atom. The summed E-state index contributed by atoms with van der Waals surface area (Å²) in [5, 5.41) is 0. The SMILES string of the molecule is C[C@@H](OC[C@H]1CCCO1)C(=O)N1CCCN(Cc2ccccc2)CC1. The first-order valence-electron chi connectivity index (χ1n) is 9.50. The second-order valence-electron chi connectivity index (χ2n) is 7.05. The van der Waals surface area contributed by atoms with E-state index in [0.29, 0.717) is 6.61 Å². The average Bonchev–Trinajstić information content (AvgIpc) is 3.06. The molecule has 0 saturated carbocycles. The number of carbonyl (C=O) groups is 1. The van der Waals surface area contributed by atoms with Gasteiger partial charge in [-0.15, -0.1) is 0 Å². The predicted molar refractivity (Wildman–Crippen MR) is 97.3 cm³/mol. The Morgan fingerprint density at radius 2 is 2.04 bits per heavy atom. The van der Waals surface area contributed by atoms with Gasteiger partial charge in [0.05, 0.1) is 12.7 Å². The fourth-order valence-corrected chi connectivity index (χ4v) is 3.55. The molecule has 138 valence electrons. The molecule has 0 aromatic heterocycles. The largest absolute Gasteiger partial charge is 0.376 e. The molecule has 25 heavy (non-hydrogen) atoms. The Kier molecular flexibility index (Phi) is 6.84. The van der Waals surface area contributed by atoms with Crippen molar-refractivity contribution in [2.24, 2.45) is 0 Å². The van der Waals surface area contributed by atoms with Gasteiger partial charge in [-0.05, 0) is 31.7 Å². The lowest BCUT2D eigenvalue weighted by Gasteiger charge is -2.25. The van der Waals surface area contributed by atoms with Gasteiger partial charge in [0, 0.05) is 39.3 Å². The third-order valence-corrected chi connectivity index (χ3v) is 5.05. The van der Waals surface area contributed by atoms with Gasteiger partial charge in [0.25, 0.3) is 5.91 Å². The molecule has 2 heterocycles. The molecule has 1 aromatic rings. The van der Waals surface area contributed by atoms with Crippen molar-refractivity contribution in [2.75, 3.05) is 39.4 Å². The van der Waals surface area contributed by atoms with E-state index in [9.17, 15) is 4.79 Å². The maximum absolute atomic E-state index is 12.7. The van der Waals surface area contributed by atoms with E-state index < -0.39 is 0 Å². The summed E-state index contributed by atoms with van der Waals surface area (Å²) in [6.07, 6.45) is 2.93. The van der Waals surface area contributed by atoms with Crippen LogP contribution in [0.4, 0.5) is 0 Å². The molecule has 0 aliphatic carbocycles. The molecular formula is C20H30N2O3. The van der Waals surface area contributed by atoms with Crippen molar-refractivity contribution in [1.29, 1.82) is 0 Å². The van der Waals surface area contributed by atoms with Crippen molar-refractivity contribution in [1.82, 2.24) is 9.80 Å². The van der Waals surface area contributed by atoms with Crippen molar-refractivity contribution >= 4 is 5.91 Å². The maximum atomic E-state index is 12.7. The summed E-state index contributed by atoms with van der Waals surface area (Å²) < 4.78 is 11.3. The topological polar surface area (TPSA) is 42.0 Å². The number of nitrogens with zero attached hydrogens (tertiary/aromatic N) is 2. The summed E-state index contributed by atoms with van der Waals surface area (Å²) in [7, 11) is 0. The van der Waals surface area contributed by atoms with E-state index in [1.807, 2.05) is 17.9 Å². The Bertz CT molecular complexity index is 531. The zero-order valence-electron chi connectivity index (χ0n) is 15.2. The van der Waals surface area contributed by atoms with Gasteiger partial charge in [-0.3, -0.25) is 9.69 Å². The molecule has 2 fully saturated rings. The van der Waals surface area contributed by atoms with E-state index in [2.05, 4.69) is 29.2 Å². The van der Waals surface area contributed by atoms with E-state index in [1.165, 1.54) is 5.56 Å². The fraction of sp³-hybridized carbons (Fsp3) is 0.650. The van der Waals surface area contributed by atoms with E-state index in [4.69, 9.17) is 9.47 Å². The highest BCUT2D eigenvalue weighted by Gasteiger charge is 2.25. The predicted octanol–water partition coefficient (Wildman–Crippen LogP) is 2.30. The van der Waals surface area contributed by atoms with Crippen LogP contribution in [0.15, 0.2) is 30.3 Å². The molecule has 0 radical (unpaired) electrons. The molecule has 2 aliphatic heterocycles. The zero-order chi connectivity index (χ0) is 17.5. The van der Waals surface area contributed by atoms with E-state index >= 15 is 0 Å². The van der Waals surface area contributed by atoms with E-state index in [1.54, 1.807) is 0 Å². The minimum atomic E-state index is -0.384. The second kappa shape index (κ2) is 9.32. The van der Waals surface area contributed by atoms with Crippen LogP contribution in [0.1, 0.15) is 31.7 Å². The third-order valence-electron chi connectivity index (χ3n) is 5.05. The first-order chi connectivity index (χ1) is 12.2. The van der Waals surface area contributed by atoms with E-state index in [-0.39, 0.29) is 18.1 Å². The third kappa shape index (κ3) is 5.53. The molecule has 5 nitrogen and oxygen atoms in total. The van der Waals surface area contributed by atoms with Crippen LogP contribution in [-0.4, -0.2) is 67.3 Å². The summed E-state index contributed by atoms with van der Waals surface area (Å²) in [6, 6.07) is 10.5. The molecule has 2 aliphatic rings. The molecule has 0 N–H and O–H groups in total. The first kappa shape index (κ1) is 18.4. The second-order valence-corrected chi connectivity index (χ2v) is 7.05. The van der Waals surface area contributed by atoms with Crippen LogP contribution in [0.25, 0.3) is 0 Å². The van der Waals surface area contributed by atoms with Crippen LogP contribution in [0.2, 0.25) is 0 Å². The molecular weight excluding hydrogens is 316 g/mol. The lowest BCUT2D eigenvalue weighted by atomic mass is 10.2. The molecule has 0 bridgehead atoms. The van der Waals surface area contributed by atoms with Crippen LogP contribution in [0.5, 0.6) is 0 Å². The maximum Gasteiger partial charge on any atom is 0.251 e. The molecule has 0 unspecified atom stereocenters. The lowest BCUT2D eigenvalue weighted by Crippen LogP contribution is -2.42. The van der Waals surface area contributed by atoms with Crippen molar-refractivity contribution in [3.8, 4) is 0 Å². The Hall–Kier alpha value is -1.43. The van der Waals surface area contributed by atoms with Crippen LogP contribution in [0, 0.1) is 0 Å². The van der Waals surface area contributed by atoms with Crippen LogP contribution in [0.3, 0.4) is 0 Å². The summed E-state index contributed by atoms with van der Waals surface area (Å²) in [4.78, 5) is 17.1.